The summed E-state index contributed by atoms with van der Waals surface area (Å²) >= 11 is 3.31. The Bertz CT molecular complexity index is 988. The van der Waals surface area contributed by atoms with E-state index in [0.717, 1.165) is 4.47 Å². The number of morpholine rings is 1. The summed E-state index contributed by atoms with van der Waals surface area (Å²) in [5.41, 5.74) is 0.959. The second-order valence-electron chi connectivity index (χ2n) is 6.68. The fraction of sp³-hybridized carbons (Fsp3) is 0.400. The number of pyridine rings is 1. The molecule has 2 heterocycles. The van der Waals surface area contributed by atoms with Crippen molar-refractivity contribution in [3.8, 4) is 0 Å². The summed E-state index contributed by atoms with van der Waals surface area (Å²) in [6, 6.07) is 8.16. The standard InChI is InChI=1S/C20H25BrN4O4S/c1-3-25(4-2)30(27,28)16-6-7-18(24-9-11-29-12-10-24)17(13-16)20(26)23-19-8-5-15(21)14-22-19/h5-8,13-14H,3-4,9-12H2,1-2H3,(H,22,23,26). The van der Waals surface area contributed by atoms with Crippen LogP contribution in [0.4, 0.5) is 11.5 Å². The third-order valence-electron chi connectivity index (χ3n) is 4.88. The smallest absolute Gasteiger partial charge is 0.258 e. The largest absolute Gasteiger partial charge is 0.378 e. The molecule has 0 aliphatic carbocycles. The van der Waals surface area contributed by atoms with Crippen LogP contribution in [0.25, 0.3) is 0 Å². The Kier molecular flexibility index (Phi) is 7.45. The molecule has 1 N–H and O–H groups in total. The fourth-order valence-electron chi connectivity index (χ4n) is 3.28. The average molecular weight is 497 g/mol. The van der Waals surface area contributed by atoms with Gasteiger partial charge in [0.15, 0.2) is 0 Å². The van der Waals surface area contributed by atoms with Crippen molar-refractivity contribution >= 4 is 43.4 Å². The zero-order chi connectivity index (χ0) is 21.7. The van der Waals surface area contributed by atoms with Crippen LogP contribution in [-0.2, 0) is 14.8 Å². The lowest BCUT2D eigenvalue weighted by Gasteiger charge is -2.30. The Morgan fingerprint density at radius 1 is 1.20 bits per heavy atom. The molecule has 162 valence electrons. The van der Waals surface area contributed by atoms with Crippen LogP contribution in [0.2, 0.25) is 0 Å². The Labute approximate surface area is 185 Å². The lowest BCUT2D eigenvalue weighted by Crippen LogP contribution is -2.37. The summed E-state index contributed by atoms with van der Waals surface area (Å²) in [4.78, 5) is 19.4. The normalized spacial score (nSPS) is 14.7. The van der Waals surface area contributed by atoms with E-state index in [1.54, 1.807) is 44.3 Å². The molecule has 30 heavy (non-hydrogen) atoms. The molecule has 0 bridgehead atoms. The lowest BCUT2D eigenvalue weighted by molar-refractivity contribution is 0.102. The number of aromatic nitrogens is 1. The Hall–Kier alpha value is -2.01. The highest BCUT2D eigenvalue weighted by Gasteiger charge is 2.26. The highest BCUT2D eigenvalue weighted by atomic mass is 79.9. The van der Waals surface area contributed by atoms with Crippen LogP contribution in [0.1, 0.15) is 24.2 Å². The Morgan fingerprint density at radius 2 is 1.90 bits per heavy atom. The number of carbonyl (C=O) groups excluding carboxylic acids is 1. The van der Waals surface area contributed by atoms with Crippen molar-refractivity contribution in [3.05, 3.63) is 46.6 Å². The molecule has 0 saturated carbocycles. The monoisotopic (exact) mass is 496 g/mol. The molecule has 3 rings (SSSR count). The maximum Gasteiger partial charge on any atom is 0.258 e. The first-order valence-corrected chi connectivity index (χ1v) is 12.0. The van der Waals surface area contributed by atoms with Crippen molar-refractivity contribution in [2.75, 3.05) is 49.6 Å². The zero-order valence-electron chi connectivity index (χ0n) is 17.0. The number of benzene rings is 1. The van der Waals surface area contributed by atoms with Crippen molar-refractivity contribution < 1.29 is 17.9 Å². The second-order valence-corrected chi connectivity index (χ2v) is 9.54. The maximum atomic E-state index is 13.1. The molecule has 1 aliphatic heterocycles. The van der Waals surface area contributed by atoms with Crippen LogP contribution < -0.4 is 10.2 Å². The molecule has 0 atom stereocenters. The van der Waals surface area contributed by atoms with Crippen molar-refractivity contribution in [3.63, 3.8) is 0 Å². The summed E-state index contributed by atoms with van der Waals surface area (Å²) in [6.45, 7) is 6.64. The van der Waals surface area contributed by atoms with E-state index in [9.17, 15) is 13.2 Å². The molecule has 1 saturated heterocycles. The van der Waals surface area contributed by atoms with E-state index in [4.69, 9.17) is 4.74 Å². The molecule has 0 radical (unpaired) electrons. The Balaban J connectivity index is 2.01. The highest BCUT2D eigenvalue weighted by Crippen LogP contribution is 2.27. The van der Waals surface area contributed by atoms with Gasteiger partial charge in [0, 0.05) is 42.5 Å². The van der Waals surface area contributed by atoms with Gasteiger partial charge in [-0.2, -0.15) is 4.31 Å². The van der Waals surface area contributed by atoms with Gasteiger partial charge in [-0.25, -0.2) is 13.4 Å². The number of hydrogen-bond donors (Lipinski definition) is 1. The van der Waals surface area contributed by atoms with E-state index in [1.807, 2.05) is 4.90 Å². The van der Waals surface area contributed by atoms with Crippen molar-refractivity contribution in [1.82, 2.24) is 9.29 Å². The quantitative estimate of drug-likeness (QED) is 0.633. The van der Waals surface area contributed by atoms with E-state index in [0.29, 0.717) is 50.9 Å². The number of rotatable bonds is 7. The minimum Gasteiger partial charge on any atom is -0.378 e. The predicted molar refractivity (Wildman–Crippen MR) is 119 cm³/mol. The molecular formula is C20H25BrN4O4S. The number of halogens is 1. The number of anilines is 2. The third-order valence-corrected chi connectivity index (χ3v) is 7.39. The minimum absolute atomic E-state index is 0.0946. The van der Waals surface area contributed by atoms with Gasteiger partial charge in [0.2, 0.25) is 10.0 Å². The fourth-order valence-corrected chi connectivity index (χ4v) is 5.00. The summed E-state index contributed by atoms with van der Waals surface area (Å²) in [6.07, 6.45) is 1.58. The highest BCUT2D eigenvalue weighted by molar-refractivity contribution is 9.10. The first-order valence-electron chi connectivity index (χ1n) is 9.76. The van der Waals surface area contributed by atoms with Gasteiger partial charge in [-0.3, -0.25) is 4.79 Å². The summed E-state index contributed by atoms with van der Waals surface area (Å²) in [5, 5.41) is 2.76. The van der Waals surface area contributed by atoms with Crippen LogP contribution in [0.5, 0.6) is 0 Å². The van der Waals surface area contributed by atoms with Gasteiger partial charge in [-0.05, 0) is 46.3 Å². The summed E-state index contributed by atoms with van der Waals surface area (Å²) in [7, 11) is -3.69. The molecular weight excluding hydrogens is 472 g/mol. The van der Waals surface area contributed by atoms with Crippen molar-refractivity contribution in [2.45, 2.75) is 18.7 Å². The first-order chi connectivity index (χ1) is 14.4. The van der Waals surface area contributed by atoms with Gasteiger partial charge in [-0.1, -0.05) is 13.8 Å². The first kappa shape index (κ1) is 22.7. The molecule has 1 amide bonds. The third kappa shape index (κ3) is 5.00. The van der Waals surface area contributed by atoms with E-state index in [-0.39, 0.29) is 10.5 Å². The van der Waals surface area contributed by atoms with Crippen molar-refractivity contribution in [1.29, 1.82) is 0 Å². The molecule has 8 nitrogen and oxygen atoms in total. The van der Waals surface area contributed by atoms with Gasteiger partial charge in [0.25, 0.3) is 5.91 Å². The van der Waals surface area contributed by atoms with E-state index < -0.39 is 15.9 Å². The van der Waals surface area contributed by atoms with Crippen LogP contribution in [0.15, 0.2) is 45.9 Å². The molecule has 1 fully saturated rings. The molecule has 2 aromatic rings. The van der Waals surface area contributed by atoms with E-state index in [1.165, 1.54) is 10.4 Å². The van der Waals surface area contributed by atoms with Gasteiger partial charge in [-0.15, -0.1) is 0 Å². The molecule has 10 heteroatoms. The van der Waals surface area contributed by atoms with Gasteiger partial charge < -0.3 is 15.0 Å². The topological polar surface area (TPSA) is 91.8 Å². The number of carbonyl (C=O) groups is 1. The van der Waals surface area contributed by atoms with Gasteiger partial charge >= 0.3 is 0 Å². The molecule has 1 aromatic heterocycles. The number of nitrogens with one attached hydrogen (secondary N) is 1. The minimum atomic E-state index is -3.69. The number of amides is 1. The maximum absolute atomic E-state index is 13.1. The predicted octanol–water partition coefficient (Wildman–Crippen LogP) is 2.96. The molecule has 1 aliphatic rings. The van der Waals surface area contributed by atoms with Crippen LogP contribution in [0, 0.1) is 0 Å². The van der Waals surface area contributed by atoms with Crippen LogP contribution in [0.3, 0.4) is 0 Å². The van der Waals surface area contributed by atoms with E-state index in [2.05, 4.69) is 26.2 Å². The molecule has 0 spiro atoms. The zero-order valence-corrected chi connectivity index (χ0v) is 19.4. The second kappa shape index (κ2) is 9.86. The van der Waals surface area contributed by atoms with Crippen LogP contribution in [-0.4, -0.2) is 63.0 Å². The van der Waals surface area contributed by atoms with Gasteiger partial charge in [0.05, 0.1) is 23.7 Å². The summed E-state index contributed by atoms with van der Waals surface area (Å²) in [5.74, 6) is -0.0314. The average Bonchev–Trinajstić information content (AvgIpc) is 2.76. The molecule has 1 aromatic carbocycles. The number of hydrogen-bond acceptors (Lipinski definition) is 6. The SMILES string of the molecule is CCN(CC)S(=O)(=O)c1ccc(N2CCOCC2)c(C(=O)Nc2ccc(Br)cn2)c1. The number of ether oxygens (including phenoxy) is 1. The number of nitrogens with zero attached hydrogens (tertiary/aromatic N) is 3. The number of sulfonamides is 1. The Morgan fingerprint density at radius 3 is 2.50 bits per heavy atom. The lowest BCUT2D eigenvalue weighted by atomic mass is 10.1. The van der Waals surface area contributed by atoms with Gasteiger partial charge in [0.1, 0.15) is 5.82 Å². The van der Waals surface area contributed by atoms with Crippen molar-refractivity contribution in [2.24, 2.45) is 0 Å². The summed E-state index contributed by atoms with van der Waals surface area (Å²) < 4.78 is 33.6. The van der Waals surface area contributed by atoms with Crippen LogP contribution >= 0.6 is 15.9 Å². The van der Waals surface area contributed by atoms with E-state index >= 15 is 0 Å². The molecule has 0 unspecified atom stereocenters.